The first kappa shape index (κ1) is 12.4. The Morgan fingerprint density at radius 2 is 2.24 bits per heavy atom. The minimum atomic E-state index is 0.482. The topological polar surface area (TPSA) is 58.3 Å². The van der Waals surface area contributed by atoms with Gasteiger partial charge in [-0.1, -0.05) is 0 Å². The average Bonchev–Trinajstić information content (AvgIpc) is 2.34. The molecule has 0 aliphatic carbocycles. The van der Waals surface area contributed by atoms with Gasteiger partial charge in [0.1, 0.15) is 5.82 Å². The van der Waals surface area contributed by atoms with Crippen molar-refractivity contribution in [3.63, 3.8) is 0 Å². The molecule has 1 fully saturated rings. The molecular formula is C12H21N5. The van der Waals surface area contributed by atoms with Gasteiger partial charge in [0.05, 0.1) is 5.69 Å². The van der Waals surface area contributed by atoms with Crippen LogP contribution in [0.15, 0.2) is 12.3 Å². The van der Waals surface area contributed by atoms with Crippen molar-refractivity contribution < 1.29 is 0 Å². The molecule has 0 amide bonds. The maximum atomic E-state index is 5.59. The highest BCUT2D eigenvalue weighted by Gasteiger charge is 2.23. The standard InChI is InChI=1S/C12H21N5/c1-16-5-6-17(2)11(9-16)7-12-14-4-3-10(8-13)15-12/h3-4,11H,5-9,13H2,1-2H3. The summed E-state index contributed by atoms with van der Waals surface area (Å²) in [7, 11) is 4.33. The third-order valence-corrected chi connectivity index (χ3v) is 3.37. The molecule has 1 unspecified atom stereocenters. The number of nitrogens with two attached hydrogens (primary N) is 1. The minimum absolute atomic E-state index is 0.482. The van der Waals surface area contributed by atoms with Crippen LogP contribution >= 0.6 is 0 Å². The molecule has 0 spiro atoms. The molecule has 1 aromatic rings. The van der Waals surface area contributed by atoms with Crippen LogP contribution in [0.5, 0.6) is 0 Å². The van der Waals surface area contributed by atoms with Crippen LogP contribution in [-0.2, 0) is 13.0 Å². The molecule has 2 rings (SSSR count). The van der Waals surface area contributed by atoms with Gasteiger partial charge in [0, 0.05) is 44.8 Å². The van der Waals surface area contributed by atoms with E-state index in [1.807, 2.05) is 6.07 Å². The van der Waals surface area contributed by atoms with E-state index in [1.165, 1.54) is 0 Å². The Labute approximate surface area is 103 Å². The van der Waals surface area contributed by atoms with Crippen molar-refractivity contribution >= 4 is 0 Å². The van der Waals surface area contributed by atoms with E-state index in [2.05, 4.69) is 33.9 Å². The number of hydrogen-bond donors (Lipinski definition) is 1. The van der Waals surface area contributed by atoms with Gasteiger partial charge in [0.15, 0.2) is 0 Å². The van der Waals surface area contributed by atoms with E-state index in [1.54, 1.807) is 6.20 Å². The third kappa shape index (κ3) is 3.21. The molecule has 0 saturated carbocycles. The number of piperazine rings is 1. The molecule has 1 aliphatic heterocycles. The summed E-state index contributed by atoms with van der Waals surface area (Å²) in [5, 5.41) is 0. The van der Waals surface area contributed by atoms with Crippen LogP contribution < -0.4 is 5.73 Å². The van der Waals surface area contributed by atoms with Gasteiger partial charge in [-0.05, 0) is 20.2 Å². The van der Waals surface area contributed by atoms with Gasteiger partial charge < -0.3 is 15.5 Å². The summed E-state index contributed by atoms with van der Waals surface area (Å²) >= 11 is 0. The molecular weight excluding hydrogens is 214 g/mol. The lowest BCUT2D eigenvalue weighted by Gasteiger charge is -2.37. The monoisotopic (exact) mass is 235 g/mol. The first-order chi connectivity index (χ1) is 8.19. The van der Waals surface area contributed by atoms with Crippen molar-refractivity contribution in [2.45, 2.75) is 19.0 Å². The fourth-order valence-corrected chi connectivity index (χ4v) is 2.19. The Morgan fingerprint density at radius 3 is 3.00 bits per heavy atom. The van der Waals surface area contributed by atoms with Crippen molar-refractivity contribution in [3.8, 4) is 0 Å². The van der Waals surface area contributed by atoms with Gasteiger partial charge in [0.2, 0.25) is 0 Å². The van der Waals surface area contributed by atoms with Gasteiger partial charge >= 0.3 is 0 Å². The Bertz CT molecular complexity index is 368. The van der Waals surface area contributed by atoms with Crippen LogP contribution in [-0.4, -0.2) is 59.5 Å². The molecule has 0 radical (unpaired) electrons. The largest absolute Gasteiger partial charge is 0.325 e. The van der Waals surface area contributed by atoms with E-state index in [0.29, 0.717) is 12.6 Å². The highest BCUT2D eigenvalue weighted by Crippen LogP contribution is 2.10. The van der Waals surface area contributed by atoms with Gasteiger partial charge in [-0.15, -0.1) is 0 Å². The molecule has 5 nitrogen and oxygen atoms in total. The molecule has 0 aromatic carbocycles. The molecule has 94 valence electrons. The van der Waals surface area contributed by atoms with Crippen molar-refractivity contribution in [2.75, 3.05) is 33.7 Å². The fraction of sp³-hybridized carbons (Fsp3) is 0.667. The SMILES string of the molecule is CN1CCN(C)C(Cc2nccc(CN)n2)C1. The van der Waals surface area contributed by atoms with Gasteiger partial charge in [-0.2, -0.15) is 0 Å². The van der Waals surface area contributed by atoms with Crippen LogP contribution in [0.4, 0.5) is 0 Å². The van der Waals surface area contributed by atoms with E-state index in [0.717, 1.165) is 37.6 Å². The second kappa shape index (κ2) is 5.53. The fourth-order valence-electron chi connectivity index (χ4n) is 2.19. The highest BCUT2D eigenvalue weighted by atomic mass is 15.3. The molecule has 5 heteroatoms. The number of rotatable bonds is 3. The molecule has 0 bridgehead atoms. The molecule has 2 heterocycles. The number of likely N-dealkylation sites (N-methyl/N-ethyl adjacent to an activating group) is 2. The van der Waals surface area contributed by atoms with Gasteiger partial charge in [-0.3, -0.25) is 0 Å². The van der Waals surface area contributed by atoms with E-state index >= 15 is 0 Å². The zero-order chi connectivity index (χ0) is 12.3. The summed E-state index contributed by atoms with van der Waals surface area (Å²) in [4.78, 5) is 13.5. The highest BCUT2D eigenvalue weighted by molar-refractivity contribution is 5.03. The van der Waals surface area contributed by atoms with Gasteiger partial charge in [-0.25, -0.2) is 9.97 Å². The number of hydrogen-bond acceptors (Lipinski definition) is 5. The summed E-state index contributed by atoms with van der Waals surface area (Å²) in [5.74, 6) is 0.903. The first-order valence-corrected chi connectivity index (χ1v) is 6.08. The van der Waals surface area contributed by atoms with E-state index < -0.39 is 0 Å². The minimum Gasteiger partial charge on any atom is -0.325 e. The zero-order valence-corrected chi connectivity index (χ0v) is 10.6. The number of nitrogens with zero attached hydrogens (tertiary/aromatic N) is 4. The van der Waals surface area contributed by atoms with Crippen molar-refractivity contribution in [3.05, 3.63) is 23.8 Å². The van der Waals surface area contributed by atoms with E-state index in [-0.39, 0.29) is 0 Å². The lowest BCUT2D eigenvalue weighted by atomic mass is 10.1. The predicted molar refractivity (Wildman–Crippen MR) is 67.5 cm³/mol. The molecule has 1 aromatic heterocycles. The molecule has 1 atom stereocenters. The van der Waals surface area contributed by atoms with Crippen LogP contribution in [0.1, 0.15) is 11.5 Å². The molecule has 2 N–H and O–H groups in total. The maximum Gasteiger partial charge on any atom is 0.130 e. The third-order valence-electron chi connectivity index (χ3n) is 3.37. The van der Waals surface area contributed by atoms with Crippen molar-refractivity contribution in [2.24, 2.45) is 5.73 Å². The van der Waals surface area contributed by atoms with Crippen molar-refractivity contribution in [1.29, 1.82) is 0 Å². The Morgan fingerprint density at radius 1 is 1.41 bits per heavy atom. The quantitative estimate of drug-likeness (QED) is 0.781. The van der Waals surface area contributed by atoms with E-state index in [4.69, 9.17) is 5.73 Å². The second-order valence-corrected chi connectivity index (χ2v) is 4.77. The summed E-state index contributed by atoms with van der Waals surface area (Å²) in [6, 6.07) is 2.38. The maximum absolute atomic E-state index is 5.59. The normalized spacial score (nSPS) is 22.9. The van der Waals surface area contributed by atoms with Crippen LogP contribution in [0.25, 0.3) is 0 Å². The smallest absolute Gasteiger partial charge is 0.130 e. The van der Waals surface area contributed by atoms with Gasteiger partial charge in [0.25, 0.3) is 0 Å². The zero-order valence-electron chi connectivity index (χ0n) is 10.6. The Balaban J connectivity index is 2.03. The molecule has 1 saturated heterocycles. The molecule has 17 heavy (non-hydrogen) atoms. The Kier molecular flexibility index (Phi) is 4.04. The second-order valence-electron chi connectivity index (χ2n) is 4.77. The lowest BCUT2D eigenvalue weighted by molar-refractivity contribution is 0.113. The number of aromatic nitrogens is 2. The van der Waals surface area contributed by atoms with Crippen LogP contribution in [0, 0.1) is 0 Å². The van der Waals surface area contributed by atoms with E-state index in [9.17, 15) is 0 Å². The lowest BCUT2D eigenvalue weighted by Crippen LogP contribution is -2.51. The predicted octanol–water partition coefficient (Wildman–Crippen LogP) is -0.276. The summed E-state index contributed by atoms with van der Waals surface area (Å²) in [6.07, 6.45) is 2.70. The molecule has 1 aliphatic rings. The Hall–Kier alpha value is -1.04. The average molecular weight is 235 g/mol. The summed E-state index contributed by atoms with van der Waals surface area (Å²) in [5.41, 5.74) is 6.51. The van der Waals surface area contributed by atoms with Crippen molar-refractivity contribution in [1.82, 2.24) is 19.8 Å². The van der Waals surface area contributed by atoms with Crippen LogP contribution in [0.2, 0.25) is 0 Å². The first-order valence-electron chi connectivity index (χ1n) is 6.08. The van der Waals surface area contributed by atoms with Crippen LogP contribution in [0.3, 0.4) is 0 Å². The summed E-state index contributed by atoms with van der Waals surface area (Å²) < 4.78 is 0. The summed E-state index contributed by atoms with van der Waals surface area (Å²) in [6.45, 7) is 3.80.